The highest BCUT2D eigenvalue weighted by atomic mass is 35.5. The van der Waals surface area contributed by atoms with Gasteiger partial charge in [0.15, 0.2) is 10.5 Å². The van der Waals surface area contributed by atoms with E-state index in [4.69, 9.17) is 33.0 Å². The van der Waals surface area contributed by atoms with Gasteiger partial charge in [-0.2, -0.15) is 0 Å². The number of benzene rings is 3. The third-order valence-corrected chi connectivity index (χ3v) is 5.76. The van der Waals surface area contributed by atoms with Gasteiger partial charge in [0.25, 0.3) is 11.8 Å². The van der Waals surface area contributed by atoms with Crippen LogP contribution in [0.2, 0.25) is 5.02 Å². The van der Waals surface area contributed by atoms with Crippen LogP contribution in [0.25, 0.3) is 17.0 Å². The van der Waals surface area contributed by atoms with E-state index in [-0.39, 0.29) is 21.6 Å². The number of carbonyl (C=O) groups excluding carboxylic acids is 2. The molecule has 1 aromatic heterocycles. The lowest BCUT2D eigenvalue weighted by Crippen LogP contribution is -2.54. The smallest absolute Gasteiger partial charge is 0.270 e. The van der Waals surface area contributed by atoms with Crippen LogP contribution in [-0.2, 0) is 9.59 Å². The van der Waals surface area contributed by atoms with Crippen LogP contribution in [0.15, 0.2) is 93.8 Å². The first-order chi connectivity index (χ1) is 16.9. The van der Waals surface area contributed by atoms with Crippen molar-refractivity contribution in [2.75, 3.05) is 4.90 Å². The van der Waals surface area contributed by atoms with E-state index in [0.29, 0.717) is 27.8 Å². The highest BCUT2D eigenvalue weighted by molar-refractivity contribution is 7.80. The average molecular weight is 503 g/mol. The standard InChI is InChI=1S/C26H15ClN2O5S/c27-16-6-11-20-22(13-16)33-14-15(23(20)30)12-21-24(31)28-26(35)29(25(21)32)17-7-9-19(10-8-17)34-18-4-2-1-3-5-18/h1-14H,(H,28,31,35)/b21-12+. The number of thiocarbonyl (C=S) groups is 1. The van der Waals surface area contributed by atoms with E-state index in [9.17, 15) is 14.4 Å². The molecule has 5 rings (SSSR count). The second kappa shape index (κ2) is 9.17. The van der Waals surface area contributed by atoms with Crippen LogP contribution < -0.4 is 20.4 Å². The van der Waals surface area contributed by atoms with Gasteiger partial charge in [-0.3, -0.25) is 24.6 Å². The lowest BCUT2D eigenvalue weighted by atomic mass is 10.1. The highest BCUT2D eigenvalue weighted by Gasteiger charge is 2.34. The Labute approximate surface area is 209 Å². The van der Waals surface area contributed by atoms with Gasteiger partial charge < -0.3 is 9.15 Å². The molecule has 9 heteroatoms. The molecule has 35 heavy (non-hydrogen) atoms. The van der Waals surface area contributed by atoms with Gasteiger partial charge >= 0.3 is 0 Å². The Kier molecular flexibility index (Phi) is 5.90. The van der Waals surface area contributed by atoms with E-state index in [1.807, 2.05) is 30.3 Å². The molecule has 2 heterocycles. The second-order valence-electron chi connectivity index (χ2n) is 7.53. The number of anilines is 1. The number of nitrogens with one attached hydrogen (secondary N) is 1. The summed E-state index contributed by atoms with van der Waals surface area (Å²) in [4.78, 5) is 39.9. The lowest BCUT2D eigenvalue weighted by molar-refractivity contribution is -0.122. The van der Waals surface area contributed by atoms with Crippen LogP contribution >= 0.6 is 23.8 Å². The minimum absolute atomic E-state index is 0.0395. The maximum atomic E-state index is 13.3. The molecule has 7 nitrogen and oxygen atoms in total. The Balaban J connectivity index is 1.46. The molecule has 1 saturated heterocycles. The maximum absolute atomic E-state index is 13.3. The molecule has 4 aromatic rings. The Hall–Kier alpha value is -4.27. The third-order valence-electron chi connectivity index (χ3n) is 5.24. The number of carbonyl (C=O) groups is 2. The summed E-state index contributed by atoms with van der Waals surface area (Å²) in [5.74, 6) is -0.162. The lowest BCUT2D eigenvalue weighted by Gasteiger charge is -2.29. The van der Waals surface area contributed by atoms with Crippen LogP contribution in [0.1, 0.15) is 5.56 Å². The number of nitrogens with zero attached hydrogens (tertiary/aromatic N) is 1. The summed E-state index contributed by atoms with van der Waals surface area (Å²) in [5.41, 5.74) is 0.0934. The largest absolute Gasteiger partial charge is 0.463 e. The van der Waals surface area contributed by atoms with Gasteiger partial charge in [0.05, 0.1) is 16.6 Å². The minimum atomic E-state index is -0.712. The fourth-order valence-electron chi connectivity index (χ4n) is 3.55. The molecule has 0 aliphatic carbocycles. The van der Waals surface area contributed by atoms with Crippen LogP contribution in [0.3, 0.4) is 0 Å². The van der Waals surface area contributed by atoms with Crippen molar-refractivity contribution in [1.82, 2.24) is 5.32 Å². The van der Waals surface area contributed by atoms with Crippen molar-refractivity contribution in [3.8, 4) is 11.5 Å². The summed E-state index contributed by atoms with van der Waals surface area (Å²) in [6, 6.07) is 20.5. The van der Waals surface area contributed by atoms with Gasteiger partial charge in [-0.05, 0) is 66.8 Å². The minimum Gasteiger partial charge on any atom is -0.463 e. The van der Waals surface area contributed by atoms with Gasteiger partial charge in [0.2, 0.25) is 0 Å². The molecule has 0 saturated carbocycles. The molecule has 1 aliphatic rings. The summed E-state index contributed by atoms with van der Waals surface area (Å²) in [6.07, 6.45) is 2.38. The summed E-state index contributed by atoms with van der Waals surface area (Å²) in [6.45, 7) is 0. The summed E-state index contributed by atoms with van der Waals surface area (Å²) < 4.78 is 11.3. The monoisotopic (exact) mass is 502 g/mol. The number of ether oxygens (including phenoxy) is 1. The molecule has 0 atom stereocenters. The van der Waals surface area contributed by atoms with Crippen LogP contribution in [0.4, 0.5) is 5.69 Å². The first kappa shape index (κ1) is 22.5. The quantitative estimate of drug-likeness (QED) is 0.238. The van der Waals surface area contributed by atoms with Gasteiger partial charge in [-0.1, -0.05) is 29.8 Å². The van der Waals surface area contributed by atoms with Gasteiger partial charge in [0, 0.05) is 11.1 Å². The predicted molar refractivity (Wildman–Crippen MR) is 137 cm³/mol. The number of para-hydroxylation sites is 1. The zero-order valence-corrected chi connectivity index (χ0v) is 19.4. The van der Waals surface area contributed by atoms with E-state index >= 15 is 0 Å². The van der Waals surface area contributed by atoms with E-state index in [0.717, 1.165) is 0 Å². The van der Waals surface area contributed by atoms with Crippen molar-refractivity contribution in [2.24, 2.45) is 0 Å². The predicted octanol–water partition coefficient (Wildman–Crippen LogP) is 5.07. The van der Waals surface area contributed by atoms with Gasteiger partial charge in [-0.15, -0.1) is 0 Å². The molecule has 1 fully saturated rings. The van der Waals surface area contributed by atoms with Crippen molar-refractivity contribution >= 4 is 63.5 Å². The molecular weight excluding hydrogens is 488 g/mol. The molecule has 3 aromatic carbocycles. The third kappa shape index (κ3) is 4.44. The van der Waals surface area contributed by atoms with Crippen molar-refractivity contribution in [3.05, 3.63) is 105 Å². The molecule has 172 valence electrons. The molecule has 2 amide bonds. The second-order valence-corrected chi connectivity index (χ2v) is 8.35. The summed E-state index contributed by atoms with van der Waals surface area (Å²) in [5, 5.41) is 3.11. The molecule has 0 spiro atoms. The zero-order chi connectivity index (χ0) is 24.5. The number of halogens is 1. The van der Waals surface area contributed by atoms with E-state index < -0.39 is 17.2 Å². The number of hydrogen-bond donors (Lipinski definition) is 1. The normalized spacial score (nSPS) is 14.9. The Morgan fingerprint density at radius 2 is 1.66 bits per heavy atom. The summed E-state index contributed by atoms with van der Waals surface area (Å²) in [7, 11) is 0. The number of fused-ring (bicyclic) bond motifs is 1. The molecule has 0 bridgehead atoms. The summed E-state index contributed by atoms with van der Waals surface area (Å²) >= 11 is 11.2. The van der Waals surface area contributed by atoms with Crippen molar-refractivity contribution in [3.63, 3.8) is 0 Å². The SMILES string of the molecule is O=C1NC(=S)N(c2ccc(Oc3ccccc3)cc2)C(=O)/C1=C/c1coc2cc(Cl)ccc2c1=O. The van der Waals surface area contributed by atoms with E-state index in [1.165, 1.54) is 29.4 Å². The van der Waals surface area contributed by atoms with Crippen molar-refractivity contribution in [2.45, 2.75) is 0 Å². The van der Waals surface area contributed by atoms with Crippen LogP contribution in [0, 0.1) is 0 Å². The average Bonchev–Trinajstić information content (AvgIpc) is 2.84. The fraction of sp³-hybridized carbons (Fsp3) is 0. The Morgan fingerprint density at radius 1 is 0.943 bits per heavy atom. The van der Waals surface area contributed by atoms with Gasteiger partial charge in [0.1, 0.15) is 28.9 Å². The van der Waals surface area contributed by atoms with Crippen LogP contribution in [0.5, 0.6) is 11.5 Å². The first-order valence-electron chi connectivity index (χ1n) is 10.4. The van der Waals surface area contributed by atoms with E-state index in [2.05, 4.69) is 5.32 Å². The zero-order valence-electron chi connectivity index (χ0n) is 17.9. The fourth-order valence-corrected chi connectivity index (χ4v) is 4.00. The molecule has 0 radical (unpaired) electrons. The van der Waals surface area contributed by atoms with E-state index in [1.54, 1.807) is 30.3 Å². The number of hydrogen-bond acceptors (Lipinski definition) is 6. The topological polar surface area (TPSA) is 88.8 Å². The molecular formula is C26H15ClN2O5S. The maximum Gasteiger partial charge on any atom is 0.270 e. The van der Waals surface area contributed by atoms with Gasteiger partial charge in [-0.25, -0.2) is 0 Å². The van der Waals surface area contributed by atoms with Crippen molar-refractivity contribution in [1.29, 1.82) is 0 Å². The molecule has 0 unspecified atom stereocenters. The highest BCUT2D eigenvalue weighted by Crippen LogP contribution is 2.27. The van der Waals surface area contributed by atoms with Crippen LogP contribution in [-0.4, -0.2) is 16.9 Å². The Bertz CT molecular complexity index is 1580. The first-order valence-corrected chi connectivity index (χ1v) is 11.1. The molecule has 1 aliphatic heterocycles. The number of rotatable bonds is 4. The Morgan fingerprint density at radius 3 is 2.40 bits per heavy atom. The molecule has 1 N–H and O–H groups in total. The number of amides is 2. The van der Waals surface area contributed by atoms with Crippen molar-refractivity contribution < 1.29 is 18.7 Å².